The lowest BCUT2D eigenvalue weighted by molar-refractivity contribution is -0.140. The van der Waals surface area contributed by atoms with E-state index in [-0.39, 0.29) is 24.4 Å². The van der Waals surface area contributed by atoms with Crippen LogP contribution >= 0.6 is 0 Å². The van der Waals surface area contributed by atoms with E-state index in [1.54, 1.807) is 31.3 Å². The van der Waals surface area contributed by atoms with Gasteiger partial charge in [0.05, 0.1) is 28.8 Å². The second-order valence-corrected chi connectivity index (χ2v) is 7.31. The Labute approximate surface area is 194 Å². The molecule has 0 fully saturated rings. The van der Waals surface area contributed by atoms with Crippen molar-refractivity contribution in [3.05, 3.63) is 65.9 Å². The minimum absolute atomic E-state index is 0.0199. The summed E-state index contributed by atoms with van der Waals surface area (Å²) < 4.78 is 74.1. The van der Waals surface area contributed by atoms with Gasteiger partial charge in [-0.3, -0.25) is 4.79 Å². The van der Waals surface area contributed by atoms with E-state index in [1.165, 1.54) is 16.8 Å². The fourth-order valence-electron chi connectivity index (χ4n) is 3.21. The van der Waals surface area contributed by atoms with Gasteiger partial charge in [-0.1, -0.05) is 0 Å². The summed E-state index contributed by atoms with van der Waals surface area (Å²) in [7, 11) is 1.57. The second kappa shape index (κ2) is 9.18. The number of halogens is 5. The molecule has 0 aliphatic heterocycles. The smallest absolute Gasteiger partial charge is 0.419 e. The average Bonchev–Trinajstić information content (AvgIpc) is 3.09. The van der Waals surface area contributed by atoms with Crippen LogP contribution in [0.15, 0.2) is 48.7 Å². The number of hydrogen-bond acceptors (Lipinski definition) is 6. The Balaban J connectivity index is 1.61. The molecule has 4 aromatic rings. The number of nitrogens with two attached hydrogens (primary N) is 1. The molecular weight excluding hydrogens is 475 g/mol. The highest BCUT2D eigenvalue weighted by atomic mass is 19.4. The number of aryl methyl sites for hydroxylation is 1. The molecule has 2 aromatic carbocycles. The van der Waals surface area contributed by atoms with Crippen molar-refractivity contribution >= 4 is 34.4 Å². The van der Waals surface area contributed by atoms with Crippen LogP contribution in [0, 0.1) is 11.6 Å². The third-order valence-electron chi connectivity index (χ3n) is 4.88. The maximum absolute atomic E-state index is 14.2. The Bertz CT molecular complexity index is 1420. The molecule has 0 atom stereocenters. The Kier molecular flexibility index (Phi) is 6.26. The number of aromatic nitrogens is 3. The first-order chi connectivity index (χ1) is 16.5. The molecule has 4 rings (SSSR count). The first kappa shape index (κ1) is 23.9. The van der Waals surface area contributed by atoms with Crippen LogP contribution in [0.5, 0.6) is 11.5 Å². The first-order valence-electron chi connectivity index (χ1n) is 9.98. The summed E-state index contributed by atoms with van der Waals surface area (Å²) in [5.41, 5.74) is 4.02. The van der Waals surface area contributed by atoms with Gasteiger partial charge in [-0.15, -0.1) is 0 Å². The molecular formula is C22H17F5N6O2. The number of anilines is 3. The molecule has 0 aliphatic carbocycles. The highest BCUT2D eigenvalue weighted by molar-refractivity contribution is 5.91. The summed E-state index contributed by atoms with van der Waals surface area (Å²) in [6.07, 6.45) is -3.57. The van der Waals surface area contributed by atoms with Crippen molar-refractivity contribution in [3.8, 4) is 11.5 Å². The molecule has 182 valence electrons. The minimum atomic E-state index is -4.99. The van der Waals surface area contributed by atoms with Crippen molar-refractivity contribution in [3.63, 3.8) is 0 Å². The molecule has 8 nitrogen and oxygen atoms in total. The predicted octanol–water partition coefficient (Wildman–Crippen LogP) is 4.70. The number of fused-ring (bicyclic) bond motifs is 1. The van der Waals surface area contributed by atoms with E-state index in [2.05, 4.69) is 20.6 Å². The number of nitrogens with zero attached hydrogens (tertiary/aromatic N) is 3. The topological polar surface area (TPSA) is 107 Å². The molecule has 0 bridgehead atoms. The molecule has 4 N–H and O–H groups in total. The summed E-state index contributed by atoms with van der Waals surface area (Å²) in [4.78, 5) is 19.7. The molecule has 1 amide bonds. The number of pyridine rings is 1. The van der Waals surface area contributed by atoms with Gasteiger partial charge in [0.25, 0.3) is 0 Å². The van der Waals surface area contributed by atoms with Crippen molar-refractivity contribution in [2.45, 2.75) is 6.18 Å². The molecule has 35 heavy (non-hydrogen) atoms. The molecule has 0 aliphatic rings. The number of carbonyl (C=O) groups excluding carboxylic acids is 1. The van der Waals surface area contributed by atoms with Crippen molar-refractivity contribution < 1.29 is 31.5 Å². The Morgan fingerprint density at radius 3 is 2.54 bits per heavy atom. The van der Waals surface area contributed by atoms with Crippen LogP contribution in [0.3, 0.4) is 0 Å². The largest absolute Gasteiger partial charge is 0.457 e. The van der Waals surface area contributed by atoms with E-state index in [0.717, 1.165) is 0 Å². The molecule has 0 radical (unpaired) electrons. The lowest BCUT2D eigenvalue weighted by Gasteiger charge is -2.12. The van der Waals surface area contributed by atoms with Crippen LogP contribution in [0.1, 0.15) is 5.56 Å². The van der Waals surface area contributed by atoms with Gasteiger partial charge in [-0.25, -0.2) is 18.7 Å². The van der Waals surface area contributed by atoms with Crippen molar-refractivity contribution in [1.82, 2.24) is 14.5 Å². The highest BCUT2D eigenvalue weighted by Crippen LogP contribution is 2.35. The Morgan fingerprint density at radius 2 is 1.83 bits per heavy atom. The zero-order valence-corrected chi connectivity index (χ0v) is 18.0. The van der Waals surface area contributed by atoms with Gasteiger partial charge in [-0.05, 0) is 24.3 Å². The van der Waals surface area contributed by atoms with E-state index in [9.17, 15) is 26.7 Å². The molecule has 2 heterocycles. The number of rotatable bonds is 6. The van der Waals surface area contributed by atoms with Gasteiger partial charge in [0, 0.05) is 31.4 Å². The van der Waals surface area contributed by atoms with Crippen LogP contribution in [-0.2, 0) is 18.0 Å². The minimum Gasteiger partial charge on any atom is -0.457 e. The fourth-order valence-corrected chi connectivity index (χ4v) is 3.21. The molecule has 0 saturated carbocycles. The predicted molar refractivity (Wildman–Crippen MR) is 117 cm³/mol. The summed E-state index contributed by atoms with van der Waals surface area (Å²) in [6.45, 7) is -0.210. The third kappa shape index (κ3) is 5.14. The summed E-state index contributed by atoms with van der Waals surface area (Å²) in [5, 5.41) is 4.98. The van der Waals surface area contributed by atoms with Crippen LogP contribution < -0.4 is 21.1 Å². The number of alkyl halides is 3. The third-order valence-corrected chi connectivity index (χ3v) is 4.88. The van der Waals surface area contributed by atoms with Crippen LogP contribution in [-0.4, -0.2) is 27.0 Å². The average molecular weight is 492 g/mol. The SMILES string of the molecule is Cn1c(Nc2cc(C(F)(F)F)c(F)cc2F)nc2cc(Oc3ccnc(NC(=O)CN)c3)ccc21. The molecule has 0 spiro atoms. The Morgan fingerprint density at radius 1 is 1.09 bits per heavy atom. The van der Waals surface area contributed by atoms with E-state index < -0.39 is 35.0 Å². The highest BCUT2D eigenvalue weighted by Gasteiger charge is 2.35. The molecule has 0 unspecified atom stereocenters. The van der Waals surface area contributed by atoms with E-state index in [0.29, 0.717) is 28.6 Å². The summed E-state index contributed by atoms with van der Waals surface area (Å²) >= 11 is 0. The number of hydrogen-bond donors (Lipinski definition) is 3. The van der Waals surface area contributed by atoms with Crippen LogP contribution in [0.4, 0.5) is 39.4 Å². The number of amides is 1. The van der Waals surface area contributed by atoms with Crippen molar-refractivity contribution in [2.75, 3.05) is 17.2 Å². The van der Waals surface area contributed by atoms with Gasteiger partial charge in [0.15, 0.2) is 0 Å². The summed E-state index contributed by atoms with van der Waals surface area (Å²) in [6, 6.07) is 8.38. The number of carbonyl (C=O) groups is 1. The van der Waals surface area contributed by atoms with Crippen LogP contribution in [0.25, 0.3) is 11.0 Å². The van der Waals surface area contributed by atoms with Crippen molar-refractivity contribution in [1.29, 1.82) is 0 Å². The number of imidazole rings is 1. The normalized spacial score (nSPS) is 11.5. The molecule has 13 heteroatoms. The number of nitrogens with one attached hydrogen (secondary N) is 2. The fraction of sp³-hybridized carbons (Fsp3) is 0.136. The van der Waals surface area contributed by atoms with Gasteiger partial charge in [-0.2, -0.15) is 13.2 Å². The molecule has 0 saturated heterocycles. The maximum Gasteiger partial charge on any atom is 0.419 e. The van der Waals surface area contributed by atoms with Gasteiger partial charge < -0.3 is 25.7 Å². The van der Waals surface area contributed by atoms with Gasteiger partial charge >= 0.3 is 6.18 Å². The van der Waals surface area contributed by atoms with E-state index in [4.69, 9.17) is 10.5 Å². The zero-order valence-electron chi connectivity index (χ0n) is 18.0. The molecule has 2 aromatic heterocycles. The monoisotopic (exact) mass is 492 g/mol. The quantitative estimate of drug-likeness (QED) is 0.337. The number of benzene rings is 2. The van der Waals surface area contributed by atoms with Crippen LogP contribution in [0.2, 0.25) is 0 Å². The standard InChI is InChI=1S/C22H17F5N6O2/c1-33-18-3-2-11(35-12-4-5-29-19(7-12)32-20(34)10-28)6-17(18)31-21(33)30-16-8-13(22(25,26)27)14(23)9-15(16)24/h2-9H,10,28H2,1H3,(H,30,31)(H,29,32,34). The first-order valence-corrected chi connectivity index (χ1v) is 9.98. The second-order valence-electron chi connectivity index (χ2n) is 7.31. The van der Waals surface area contributed by atoms with E-state index in [1.807, 2.05) is 0 Å². The van der Waals surface area contributed by atoms with E-state index >= 15 is 0 Å². The lowest BCUT2D eigenvalue weighted by Crippen LogP contribution is -2.22. The van der Waals surface area contributed by atoms with Gasteiger partial charge in [0.1, 0.15) is 29.0 Å². The number of ether oxygens (including phenoxy) is 1. The zero-order chi connectivity index (χ0) is 25.3. The lowest BCUT2D eigenvalue weighted by atomic mass is 10.1. The van der Waals surface area contributed by atoms with Gasteiger partial charge in [0.2, 0.25) is 11.9 Å². The summed E-state index contributed by atoms with van der Waals surface area (Å²) in [5.74, 6) is -2.37. The maximum atomic E-state index is 14.2. The van der Waals surface area contributed by atoms with Crippen molar-refractivity contribution in [2.24, 2.45) is 12.8 Å². The Hall–Kier alpha value is -4.26.